The SMILES string of the molecule is [B][B]OCCB(CCO[B][B])OC. The van der Waals surface area contributed by atoms with Crippen molar-refractivity contribution < 1.29 is 14.0 Å². The maximum atomic E-state index is 5.17. The van der Waals surface area contributed by atoms with E-state index in [0.717, 1.165) is 12.6 Å². The third kappa shape index (κ3) is 8.53. The van der Waals surface area contributed by atoms with Crippen LogP contribution in [0.1, 0.15) is 0 Å². The first kappa shape index (κ1) is 13.2. The van der Waals surface area contributed by atoms with E-state index in [9.17, 15) is 0 Å². The highest BCUT2D eigenvalue weighted by molar-refractivity contribution is 6.85. The van der Waals surface area contributed by atoms with Gasteiger partial charge in [-0.05, 0) is 12.6 Å². The van der Waals surface area contributed by atoms with E-state index in [2.05, 4.69) is 0 Å². The Morgan fingerprint density at radius 2 is 1.54 bits per heavy atom. The molecule has 13 heavy (non-hydrogen) atoms. The molecule has 0 aromatic rings. The minimum absolute atomic E-state index is 0.125. The summed E-state index contributed by atoms with van der Waals surface area (Å²) in [6.07, 6.45) is 1.58. The largest absolute Gasteiger partial charge is 0.453 e. The third-order valence-electron chi connectivity index (χ3n) is 1.64. The molecule has 0 unspecified atom stereocenters. The highest BCUT2D eigenvalue weighted by Gasteiger charge is 2.12. The standard InChI is InChI=1S/C5H11B5O3/c1-11-10(2-4-12-8-6)3-5-13-9-7/h2-5H2,1H3. The van der Waals surface area contributed by atoms with E-state index in [1.807, 2.05) is 0 Å². The summed E-state index contributed by atoms with van der Waals surface area (Å²) in [5.74, 6) is 0. The van der Waals surface area contributed by atoms with Crippen molar-refractivity contribution in [2.75, 3.05) is 20.3 Å². The lowest BCUT2D eigenvalue weighted by atomic mass is 9.61. The van der Waals surface area contributed by atoms with E-state index < -0.39 is 0 Å². The molecule has 0 fully saturated rings. The molecule has 8 heteroatoms. The third-order valence-corrected chi connectivity index (χ3v) is 1.64. The number of rotatable bonds is 9. The van der Waals surface area contributed by atoms with Gasteiger partial charge >= 0.3 is 0 Å². The highest BCUT2D eigenvalue weighted by atomic mass is 16.4. The second kappa shape index (κ2) is 10.3. The molecule has 0 saturated carbocycles. The van der Waals surface area contributed by atoms with Crippen LogP contribution in [0.4, 0.5) is 0 Å². The molecule has 6 radical (unpaired) electrons. The van der Waals surface area contributed by atoms with Gasteiger partial charge in [-0.2, -0.15) is 0 Å². The molecular formula is C5H11B5O3. The van der Waals surface area contributed by atoms with Crippen molar-refractivity contribution in [2.24, 2.45) is 0 Å². The Morgan fingerprint density at radius 3 is 1.85 bits per heavy atom. The van der Waals surface area contributed by atoms with Crippen molar-refractivity contribution in [2.45, 2.75) is 12.6 Å². The van der Waals surface area contributed by atoms with Gasteiger partial charge in [-0.15, -0.1) is 0 Å². The average molecular weight is 173 g/mol. The summed E-state index contributed by atoms with van der Waals surface area (Å²) in [6.45, 7) is 1.24. The van der Waals surface area contributed by atoms with Gasteiger partial charge in [-0.25, -0.2) is 0 Å². The molecule has 0 heterocycles. The summed E-state index contributed by atoms with van der Waals surface area (Å²) in [4.78, 5) is 0. The maximum absolute atomic E-state index is 5.17. The van der Waals surface area contributed by atoms with Crippen LogP contribution in [0.5, 0.6) is 0 Å². The Bertz CT molecular complexity index is 96.2. The molecule has 0 aromatic heterocycles. The van der Waals surface area contributed by atoms with Crippen molar-refractivity contribution in [3.63, 3.8) is 0 Å². The van der Waals surface area contributed by atoms with Crippen molar-refractivity contribution in [1.82, 2.24) is 0 Å². The first-order valence-electron chi connectivity index (χ1n) is 4.18. The van der Waals surface area contributed by atoms with Gasteiger partial charge in [0.25, 0.3) is 6.92 Å². The van der Waals surface area contributed by atoms with Crippen LogP contribution < -0.4 is 0 Å². The second-order valence-electron chi connectivity index (χ2n) is 2.45. The summed E-state index contributed by atoms with van der Waals surface area (Å²) >= 11 is 0. The average Bonchev–Trinajstić information content (AvgIpc) is 2.16. The first-order valence-corrected chi connectivity index (χ1v) is 4.18. The minimum atomic E-state index is 0.125. The van der Waals surface area contributed by atoms with E-state index in [0.29, 0.717) is 13.2 Å². The Labute approximate surface area is 84.7 Å². The molecule has 0 spiro atoms. The molecule has 0 rings (SSSR count). The summed E-state index contributed by atoms with van der Waals surface area (Å²) in [7, 11) is 14.1. The zero-order chi connectivity index (χ0) is 9.94. The van der Waals surface area contributed by atoms with Gasteiger partial charge in [0.2, 0.25) is 14.7 Å². The molecule has 3 nitrogen and oxygen atoms in total. The molecule has 64 valence electrons. The van der Waals surface area contributed by atoms with Crippen molar-refractivity contribution in [1.29, 1.82) is 0 Å². The fourth-order valence-electron chi connectivity index (χ4n) is 0.915. The normalized spacial score (nSPS) is 9.62. The number of hydrogen-bond donors (Lipinski definition) is 0. The molecule has 0 aromatic carbocycles. The van der Waals surface area contributed by atoms with E-state index in [1.54, 1.807) is 7.11 Å². The minimum Gasteiger partial charge on any atom is -0.453 e. The van der Waals surface area contributed by atoms with E-state index in [4.69, 9.17) is 29.4 Å². The molecule has 0 atom stereocenters. The predicted octanol–water partition coefficient (Wildman–Crippen LogP) is -0.937. The summed E-state index contributed by atoms with van der Waals surface area (Å²) in [5.41, 5.74) is 0. The van der Waals surface area contributed by atoms with Gasteiger partial charge in [-0.1, -0.05) is 0 Å². The van der Waals surface area contributed by atoms with Crippen LogP contribution in [0, 0.1) is 0 Å². The van der Waals surface area contributed by atoms with Crippen LogP contribution in [0.3, 0.4) is 0 Å². The Balaban J connectivity index is 3.28. The molecule has 0 amide bonds. The molecular weight excluding hydrogens is 162 g/mol. The van der Waals surface area contributed by atoms with Crippen molar-refractivity contribution in [3.8, 4) is 0 Å². The Hall–Kier alpha value is 0.205. The maximum Gasteiger partial charge on any atom is 0.297 e. The van der Waals surface area contributed by atoms with Gasteiger partial charge in [-0.3, -0.25) is 0 Å². The summed E-state index contributed by atoms with van der Waals surface area (Å²) in [5, 5.41) is 0. The van der Waals surface area contributed by atoms with Crippen LogP contribution >= 0.6 is 0 Å². The van der Waals surface area contributed by atoms with Gasteiger partial charge in [0.1, 0.15) is 0 Å². The van der Waals surface area contributed by atoms with E-state index in [1.165, 1.54) is 14.7 Å². The zero-order valence-corrected chi connectivity index (χ0v) is 7.94. The second-order valence-corrected chi connectivity index (χ2v) is 2.45. The van der Waals surface area contributed by atoms with Gasteiger partial charge in [0.15, 0.2) is 0 Å². The fraction of sp³-hybridized carbons (Fsp3) is 1.00. The summed E-state index contributed by atoms with van der Waals surface area (Å²) < 4.78 is 14.9. The van der Waals surface area contributed by atoms with E-state index in [-0.39, 0.29) is 6.92 Å². The van der Waals surface area contributed by atoms with E-state index >= 15 is 0 Å². The topological polar surface area (TPSA) is 27.7 Å². The van der Waals surface area contributed by atoms with Crippen LogP contribution in [0.2, 0.25) is 12.6 Å². The summed E-state index contributed by atoms with van der Waals surface area (Å²) in [6, 6.07) is 0. The van der Waals surface area contributed by atoms with Crippen molar-refractivity contribution in [3.05, 3.63) is 0 Å². The fourth-order valence-corrected chi connectivity index (χ4v) is 0.915. The van der Waals surface area contributed by atoms with Gasteiger partial charge < -0.3 is 14.0 Å². The molecule has 0 aliphatic carbocycles. The Morgan fingerprint density at radius 1 is 1.08 bits per heavy atom. The predicted molar refractivity (Wildman–Crippen MR) is 57.3 cm³/mol. The molecule has 0 aliphatic rings. The smallest absolute Gasteiger partial charge is 0.297 e. The van der Waals surface area contributed by atoms with Crippen LogP contribution in [0.25, 0.3) is 0 Å². The van der Waals surface area contributed by atoms with Crippen LogP contribution in [0.15, 0.2) is 0 Å². The number of hydrogen-bond acceptors (Lipinski definition) is 3. The van der Waals surface area contributed by atoms with Gasteiger partial charge in [0.05, 0.1) is 15.5 Å². The molecule has 0 bridgehead atoms. The molecule has 0 saturated heterocycles. The highest BCUT2D eigenvalue weighted by Crippen LogP contribution is 2.00. The van der Waals surface area contributed by atoms with Crippen LogP contribution in [-0.4, -0.2) is 57.5 Å². The lowest BCUT2D eigenvalue weighted by molar-refractivity contribution is 0.333. The lowest BCUT2D eigenvalue weighted by Gasteiger charge is -2.11. The zero-order valence-electron chi connectivity index (χ0n) is 7.94. The van der Waals surface area contributed by atoms with Crippen LogP contribution in [-0.2, 0) is 14.0 Å². The van der Waals surface area contributed by atoms with Gasteiger partial charge in [0, 0.05) is 20.3 Å². The van der Waals surface area contributed by atoms with Crippen molar-refractivity contribution >= 4 is 37.1 Å². The quantitative estimate of drug-likeness (QED) is 0.333. The monoisotopic (exact) mass is 174 g/mol. The molecule has 0 N–H and O–H groups in total. The first-order chi connectivity index (χ1) is 6.35. The Kier molecular flexibility index (Phi) is 10.4. The lowest BCUT2D eigenvalue weighted by Crippen LogP contribution is -2.21. The molecule has 0 aliphatic heterocycles.